The van der Waals surface area contributed by atoms with Crippen LogP contribution in [-0.4, -0.2) is 68.3 Å². The van der Waals surface area contributed by atoms with E-state index in [9.17, 15) is 4.79 Å². The number of amides is 1. The number of carbonyl (C=O) groups excluding carboxylic acids is 1. The van der Waals surface area contributed by atoms with Crippen LogP contribution < -0.4 is 15.5 Å². The molecule has 10 heteroatoms. The zero-order valence-corrected chi connectivity index (χ0v) is 21.2. The van der Waals surface area contributed by atoms with Gasteiger partial charge in [0.2, 0.25) is 0 Å². The van der Waals surface area contributed by atoms with Crippen molar-refractivity contribution in [3.63, 3.8) is 0 Å². The van der Waals surface area contributed by atoms with E-state index < -0.39 is 5.60 Å². The molecule has 1 aromatic heterocycles. The molecule has 1 rings (SSSR count). The Kier molecular flexibility index (Phi) is 12.4. The SMILES string of the molecule is CCCN(CCNC(=NC)NCc1csc(N(C)C)n1)C(=O)OC(C)(C)C.I. The number of halogens is 1. The Bertz CT molecular complexity index is 615. The molecule has 1 aromatic rings. The average Bonchev–Trinajstić information content (AvgIpc) is 3.04. The van der Waals surface area contributed by atoms with Gasteiger partial charge in [0.15, 0.2) is 11.1 Å². The van der Waals surface area contributed by atoms with E-state index in [1.54, 1.807) is 23.3 Å². The molecule has 0 aliphatic heterocycles. The molecule has 0 saturated heterocycles. The number of hydrogen-bond acceptors (Lipinski definition) is 6. The number of aliphatic imine (C=N–C) groups is 1. The Balaban J connectivity index is 0.00000729. The molecule has 0 radical (unpaired) electrons. The molecule has 0 aliphatic carbocycles. The maximum absolute atomic E-state index is 12.3. The normalized spacial score (nSPS) is 11.5. The van der Waals surface area contributed by atoms with Gasteiger partial charge in [-0.1, -0.05) is 6.92 Å². The summed E-state index contributed by atoms with van der Waals surface area (Å²) in [5.74, 6) is 0.676. The molecular formula is C18H35IN6O2S. The average molecular weight is 526 g/mol. The summed E-state index contributed by atoms with van der Waals surface area (Å²) in [6, 6.07) is 0. The minimum absolute atomic E-state index is 0. The molecular weight excluding hydrogens is 491 g/mol. The number of carbonyl (C=O) groups is 1. The Labute approximate surface area is 190 Å². The van der Waals surface area contributed by atoms with Crippen molar-refractivity contribution in [2.75, 3.05) is 45.7 Å². The van der Waals surface area contributed by atoms with Crippen LogP contribution in [0.1, 0.15) is 39.8 Å². The van der Waals surface area contributed by atoms with Crippen molar-refractivity contribution in [1.29, 1.82) is 0 Å². The highest BCUT2D eigenvalue weighted by Gasteiger charge is 2.21. The molecule has 0 bridgehead atoms. The lowest BCUT2D eigenvalue weighted by Gasteiger charge is -2.27. The zero-order valence-electron chi connectivity index (χ0n) is 18.0. The van der Waals surface area contributed by atoms with Gasteiger partial charge in [0, 0.05) is 46.2 Å². The third-order valence-corrected chi connectivity index (χ3v) is 4.46. The molecule has 2 N–H and O–H groups in total. The monoisotopic (exact) mass is 526 g/mol. The number of rotatable bonds is 8. The van der Waals surface area contributed by atoms with Crippen LogP contribution in [0.4, 0.5) is 9.93 Å². The molecule has 1 amide bonds. The van der Waals surface area contributed by atoms with Crippen LogP contribution in [0.15, 0.2) is 10.4 Å². The third kappa shape index (κ3) is 10.3. The number of guanidine groups is 1. The van der Waals surface area contributed by atoms with Crippen molar-refractivity contribution >= 4 is 52.5 Å². The van der Waals surface area contributed by atoms with Crippen molar-refractivity contribution in [2.45, 2.75) is 46.3 Å². The molecule has 0 aromatic carbocycles. The Morgan fingerprint density at radius 3 is 2.46 bits per heavy atom. The maximum Gasteiger partial charge on any atom is 0.410 e. The molecule has 0 aliphatic rings. The molecule has 0 spiro atoms. The van der Waals surface area contributed by atoms with Gasteiger partial charge in [-0.05, 0) is 27.2 Å². The summed E-state index contributed by atoms with van der Waals surface area (Å²) >= 11 is 1.61. The van der Waals surface area contributed by atoms with Gasteiger partial charge in [-0.15, -0.1) is 35.3 Å². The second-order valence-electron chi connectivity index (χ2n) is 7.34. The molecule has 0 saturated carbocycles. The van der Waals surface area contributed by atoms with Crippen LogP contribution in [0.2, 0.25) is 0 Å². The number of nitrogens with zero attached hydrogens (tertiary/aromatic N) is 4. The number of thiazole rings is 1. The van der Waals surface area contributed by atoms with Crippen LogP contribution >= 0.6 is 35.3 Å². The highest BCUT2D eigenvalue weighted by molar-refractivity contribution is 14.0. The van der Waals surface area contributed by atoms with Gasteiger partial charge < -0.3 is 25.2 Å². The first-order valence-electron chi connectivity index (χ1n) is 9.20. The van der Waals surface area contributed by atoms with E-state index in [0.717, 1.165) is 17.2 Å². The lowest BCUT2D eigenvalue weighted by molar-refractivity contribution is 0.0253. The van der Waals surface area contributed by atoms with E-state index in [1.165, 1.54) is 0 Å². The van der Waals surface area contributed by atoms with Gasteiger partial charge in [-0.25, -0.2) is 9.78 Å². The minimum Gasteiger partial charge on any atom is -0.444 e. The summed E-state index contributed by atoms with van der Waals surface area (Å²) in [5, 5.41) is 9.47. The molecule has 0 atom stereocenters. The first-order valence-corrected chi connectivity index (χ1v) is 10.1. The topological polar surface area (TPSA) is 82.1 Å². The number of ether oxygens (including phenoxy) is 1. The lowest BCUT2D eigenvalue weighted by Crippen LogP contribution is -2.44. The van der Waals surface area contributed by atoms with Crippen LogP contribution in [-0.2, 0) is 11.3 Å². The molecule has 1 heterocycles. The first-order chi connectivity index (χ1) is 12.7. The maximum atomic E-state index is 12.3. The van der Waals surface area contributed by atoms with Crippen LogP contribution in [0.3, 0.4) is 0 Å². The van der Waals surface area contributed by atoms with Gasteiger partial charge in [0.05, 0.1) is 12.2 Å². The zero-order chi connectivity index (χ0) is 20.4. The summed E-state index contributed by atoms with van der Waals surface area (Å²) in [6.07, 6.45) is 0.595. The van der Waals surface area contributed by atoms with E-state index in [-0.39, 0.29) is 30.1 Å². The van der Waals surface area contributed by atoms with E-state index in [2.05, 4.69) is 20.6 Å². The van der Waals surface area contributed by atoms with E-state index in [1.807, 2.05) is 52.1 Å². The molecule has 28 heavy (non-hydrogen) atoms. The number of hydrogen-bond donors (Lipinski definition) is 2. The Morgan fingerprint density at radius 1 is 1.29 bits per heavy atom. The number of nitrogens with one attached hydrogen (secondary N) is 2. The summed E-state index contributed by atoms with van der Waals surface area (Å²) < 4.78 is 5.47. The first kappa shape index (κ1) is 26.7. The second-order valence-corrected chi connectivity index (χ2v) is 8.17. The van der Waals surface area contributed by atoms with Gasteiger partial charge in [0.1, 0.15) is 5.60 Å². The lowest BCUT2D eigenvalue weighted by atomic mass is 10.2. The van der Waals surface area contributed by atoms with Crippen molar-refractivity contribution in [3.05, 3.63) is 11.1 Å². The predicted octanol–water partition coefficient (Wildman–Crippen LogP) is 3.14. The summed E-state index contributed by atoms with van der Waals surface area (Å²) in [7, 11) is 5.67. The van der Waals surface area contributed by atoms with Gasteiger partial charge in [-0.2, -0.15) is 0 Å². The number of anilines is 1. The Morgan fingerprint density at radius 2 is 1.96 bits per heavy atom. The molecule has 0 fully saturated rings. The van der Waals surface area contributed by atoms with Gasteiger partial charge >= 0.3 is 6.09 Å². The molecule has 162 valence electrons. The fourth-order valence-corrected chi connectivity index (χ4v) is 2.94. The second kappa shape index (κ2) is 13.0. The third-order valence-electron chi connectivity index (χ3n) is 3.40. The quantitative estimate of drug-likeness (QED) is 0.308. The van der Waals surface area contributed by atoms with Crippen molar-refractivity contribution in [2.24, 2.45) is 4.99 Å². The van der Waals surface area contributed by atoms with Gasteiger partial charge in [0.25, 0.3) is 0 Å². The highest BCUT2D eigenvalue weighted by Crippen LogP contribution is 2.17. The summed E-state index contributed by atoms with van der Waals surface area (Å²) in [4.78, 5) is 24.7. The molecule has 0 unspecified atom stereocenters. The fraction of sp³-hybridized carbons (Fsp3) is 0.722. The van der Waals surface area contributed by atoms with Crippen LogP contribution in [0.25, 0.3) is 0 Å². The smallest absolute Gasteiger partial charge is 0.410 e. The van der Waals surface area contributed by atoms with Crippen LogP contribution in [0, 0.1) is 0 Å². The standard InChI is InChI=1S/C18H34N6O2S.HI/c1-8-10-24(17(25)26-18(2,3)4)11-9-20-15(19-5)21-12-14-13-27-16(22-14)23(6)7;/h13H,8-12H2,1-7H3,(H2,19,20,21);1H. The van der Waals surface area contributed by atoms with Gasteiger partial charge in [-0.3, -0.25) is 4.99 Å². The summed E-state index contributed by atoms with van der Waals surface area (Å²) in [5.41, 5.74) is 0.473. The van der Waals surface area contributed by atoms with E-state index >= 15 is 0 Å². The fourth-order valence-electron chi connectivity index (χ4n) is 2.18. The predicted molar refractivity (Wildman–Crippen MR) is 128 cm³/mol. The highest BCUT2D eigenvalue weighted by atomic mass is 127. The van der Waals surface area contributed by atoms with E-state index in [0.29, 0.717) is 32.1 Å². The van der Waals surface area contributed by atoms with Crippen molar-refractivity contribution in [3.8, 4) is 0 Å². The largest absolute Gasteiger partial charge is 0.444 e. The van der Waals surface area contributed by atoms with E-state index in [4.69, 9.17) is 4.74 Å². The minimum atomic E-state index is -0.493. The van der Waals surface area contributed by atoms with Crippen LogP contribution in [0.5, 0.6) is 0 Å². The summed E-state index contributed by atoms with van der Waals surface area (Å²) in [6.45, 7) is 10.0. The number of aromatic nitrogens is 1. The van der Waals surface area contributed by atoms with Crippen molar-refractivity contribution in [1.82, 2.24) is 20.5 Å². The molecule has 8 nitrogen and oxygen atoms in total. The van der Waals surface area contributed by atoms with Crippen molar-refractivity contribution < 1.29 is 9.53 Å². The Hall–Kier alpha value is -1.30.